The standard InChI is InChI=1S/C13H13F3O4/c1-3-19-10-6-5-8(7-9(10)13(14,15)16)11(17)12(18)20-4-2/h5-7H,3-4H2,1-2H3. The SMILES string of the molecule is CCOC(=O)C(=O)c1ccc(OCC)c(C(F)(F)F)c1. The number of carbonyl (C=O) groups excluding carboxylic acids is 2. The summed E-state index contributed by atoms with van der Waals surface area (Å²) in [6, 6.07) is 2.70. The van der Waals surface area contributed by atoms with Gasteiger partial charge in [0, 0.05) is 5.56 Å². The number of benzene rings is 1. The summed E-state index contributed by atoms with van der Waals surface area (Å²) in [5, 5.41) is 0. The van der Waals surface area contributed by atoms with Crippen LogP contribution in [0, 0.1) is 0 Å². The first-order valence-corrected chi connectivity index (χ1v) is 5.86. The number of esters is 1. The molecule has 1 rings (SSSR count). The van der Waals surface area contributed by atoms with Gasteiger partial charge in [0.1, 0.15) is 5.75 Å². The monoisotopic (exact) mass is 290 g/mol. The zero-order chi connectivity index (χ0) is 15.3. The Labute approximate surface area is 113 Å². The van der Waals surface area contributed by atoms with Crippen LogP contribution in [0.25, 0.3) is 0 Å². The van der Waals surface area contributed by atoms with Crippen molar-refractivity contribution in [2.75, 3.05) is 13.2 Å². The van der Waals surface area contributed by atoms with Gasteiger partial charge in [0.2, 0.25) is 0 Å². The molecule has 0 amide bonds. The van der Waals surface area contributed by atoms with E-state index in [4.69, 9.17) is 4.74 Å². The first kappa shape index (κ1) is 16.0. The van der Waals surface area contributed by atoms with Crippen molar-refractivity contribution in [2.24, 2.45) is 0 Å². The number of ketones is 1. The van der Waals surface area contributed by atoms with Gasteiger partial charge >= 0.3 is 12.1 Å². The second kappa shape index (κ2) is 6.40. The van der Waals surface area contributed by atoms with E-state index in [1.165, 1.54) is 13.8 Å². The van der Waals surface area contributed by atoms with Gasteiger partial charge in [0.25, 0.3) is 5.78 Å². The van der Waals surface area contributed by atoms with Crippen LogP contribution in [0.3, 0.4) is 0 Å². The van der Waals surface area contributed by atoms with E-state index in [0.717, 1.165) is 12.1 Å². The highest BCUT2D eigenvalue weighted by molar-refractivity contribution is 6.40. The predicted octanol–water partition coefficient (Wildman–Crippen LogP) is 2.85. The van der Waals surface area contributed by atoms with Crippen molar-refractivity contribution in [2.45, 2.75) is 20.0 Å². The van der Waals surface area contributed by atoms with Gasteiger partial charge in [0.15, 0.2) is 0 Å². The molecule has 0 saturated heterocycles. The molecule has 0 aliphatic rings. The maximum atomic E-state index is 12.9. The Hall–Kier alpha value is -2.05. The fraction of sp³-hybridized carbons (Fsp3) is 0.385. The molecule has 1 aromatic carbocycles. The van der Waals surface area contributed by atoms with Crippen LogP contribution in [-0.2, 0) is 15.7 Å². The number of ether oxygens (including phenoxy) is 2. The van der Waals surface area contributed by atoms with E-state index in [2.05, 4.69) is 4.74 Å². The molecule has 0 aliphatic carbocycles. The number of hydrogen-bond acceptors (Lipinski definition) is 4. The fourth-order valence-corrected chi connectivity index (χ4v) is 1.49. The third kappa shape index (κ3) is 3.72. The molecule has 0 aromatic heterocycles. The van der Waals surface area contributed by atoms with E-state index in [9.17, 15) is 22.8 Å². The van der Waals surface area contributed by atoms with Gasteiger partial charge in [0.05, 0.1) is 18.8 Å². The molecular formula is C13H13F3O4. The van der Waals surface area contributed by atoms with Gasteiger partial charge in [-0.05, 0) is 32.0 Å². The third-order valence-corrected chi connectivity index (χ3v) is 2.31. The third-order valence-electron chi connectivity index (χ3n) is 2.31. The van der Waals surface area contributed by atoms with Gasteiger partial charge in [-0.1, -0.05) is 0 Å². The Morgan fingerprint density at radius 1 is 1.15 bits per heavy atom. The van der Waals surface area contributed by atoms with Crippen molar-refractivity contribution in [3.63, 3.8) is 0 Å². The van der Waals surface area contributed by atoms with E-state index in [1.807, 2.05) is 0 Å². The smallest absolute Gasteiger partial charge is 0.419 e. The Bertz CT molecular complexity index is 509. The second-order valence-electron chi connectivity index (χ2n) is 3.69. The van der Waals surface area contributed by atoms with Crippen LogP contribution < -0.4 is 4.74 Å². The molecule has 4 nitrogen and oxygen atoms in total. The molecule has 0 saturated carbocycles. The zero-order valence-electron chi connectivity index (χ0n) is 10.9. The predicted molar refractivity (Wildman–Crippen MR) is 63.6 cm³/mol. The molecule has 20 heavy (non-hydrogen) atoms. The average molecular weight is 290 g/mol. The van der Waals surface area contributed by atoms with Crippen molar-refractivity contribution in [1.29, 1.82) is 0 Å². The minimum atomic E-state index is -4.69. The summed E-state index contributed by atoms with van der Waals surface area (Å²) in [4.78, 5) is 22.8. The van der Waals surface area contributed by atoms with E-state index in [0.29, 0.717) is 6.07 Å². The molecule has 0 spiro atoms. The lowest BCUT2D eigenvalue weighted by Gasteiger charge is -2.14. The highest BCUT2D eigenvalue weighted by Crippen LogP contribution is 2.36. The number of carbonyl (C=O) groups is 2. The largest absolute Gasteiger partial charge is 0.493 e. The van der Waals surface area contributed by atoms with Crippen LogP contribution in [0.5, 0.6) is 5.75 Å². The van der Waals surface area contributed by atoms with Gasteiger partial charge < -0.3 is 9.47 Å². The summed E-state index contributed by atoms with van der Waals surface area (Å²) < 4.78 is 47.9. The number of alkyl halides is 3. The Morgan fingerprint density at radius 3 is 2.30 bits per heavy atom. The maximum absolute atomic E-state index is 12.9. The van der Waals surface area contributed by atoms with E-state index >= 15 is 0 Å². The van der Waals surface area contributed by atoms with E-state index in [1.54, 1.807) is 0 Å². The first-order chi connectivity index (χ1) is 9.31. The van der Waals surface area contributed by atoms with Crippen LogP contribution in [0.2, 0.25) is 0 Å². The Balaban J connectivity index is 3.19. The number of Topliss-reactive ketones (excluding diaryl/α,β-unsaturated/α-hetero) is 1. The first-order valence-electron chi connectivity index (χ1n) is 5.86. The molecule has 0 aliphatic heterocycles. The molecule has 0 radical (unpaired) electrons. The summed E-state index contributed by atoms with van der Waals surface area (Å²) >= 11 is 0. The van der Waals surface area contributed by atoms with Gasteiger partial charge in [-0.25, -0.2) is 4.79 Å². The van der Waals surface area contributed by atoms with Crippen molar-refractivity contribution < 1.29 is 32.2 Å². The van der Waals surface area contributed by atoms with Crippen molar-refractivity contribution in [3.05, 3.63) is 29.3 Å². The molecule has 0 N–H and O–H groups in total. The number of rotatable bonds is 5. The van der Waals surface area contributed by atoms with E-state index in [-0.39, 0.29) is 24.5 Å². The van der Waals surface area contributed by atoms with Crippen LogP contribution >= 0.6 is 0 Å². The number of hydrogen-bond donors (Lipinski definition) is 0. The minimum Gasteiger partial charge on any atom is -0.493 e. The highest BCUT2D eigenvalue weighted by Gasteiger charge is 2.35. The molecule has 110 valence electrons. The summed E-state index contributed by atoms with van der Waals surface area (Å²) in [5.74, 6) is -2.70. The van der Waals surface area contributed by atoms with Crippen molar-refractivity contribution >= 4 is 11.8 Å². The molecule has 1 aromatic rings. The minimum absolute atomic E-state index is 0.0340. The molecule has 0 unspecified atom stereocenters. The zero-order valence-corrected chi connectivity index (χ0v) is 10.9. The van der Waals surface area contributed by atoms with Crippen molar-refractivity contribution in [3.8, 4) is 5.75 Å². The Morgan fingerprint density at radius 2 is 1.80 bits per heavy atom. The van der Waals surface area contributed by atoms with Gasteiger partial charge in [-0.3, -0.25) is 4.79 Å². The fourth-order valence-electron chi connectivity index (χ4n) is 1.49. The normalized spacial score (nSPS) is 11.1. The molecular weight excluding hydrogens is 277 g/mol. The van der Waals surface area contributed by atoms with Crippen LogP contribution in [0.15, 0.2) is 18.2 Å². The summed E-state index contributed by atoms with van der Waals surface area (Å²) in [5.41, 5.74) is -1.49. The quantitative estimate of drug-likeness (QED) is 0.475. The Kier molecular flexibility index (Phi) is 5.12. The summed E-state index contributed by atoms with van der Waals surface area (Å²) in [7, 11) is 0. The second-order valence-corrected chi connectivity index (χ2v) is 3.69. The summed E-state index contributed by atoms with van der Waals surface area (Å²) in [6.45, 7) is 3.05. The van der Waals surface area contributed by atoms with Crippen LogP contribution in [0.4, 0.5) is 13.2 Å². The lowest BCUT2D eigenvalue weighted by Crippen LogP contribution is -2.19. The lowest BCUT2D eigenvalue weighted by molar-refractivity contribution is -0.139. The lowest BCUT2D eigenvalue weighted by atomic mass is 10.1. The topological polar surface area (TPSA) is 52.6 Å². The average Bonchev–Trinajstić information content (AvgIpc) is 2.37. The maximum Gasteiger partial charge on any atom is 0.419 e. The van der Waals surface area contributed by atoms with Crippen LogP contribution in [0.1, 0.15) is 29.8 Å². The van der Waals surface area contributed by atoms with E-state index < -0.39 is 23.5 Å². The van der Waals surface area contributed by atoms with Gasteiger partial charge in [-0.2, -0.15) is 13.2 Å². The molecule has 0 bridgehead atoms. The molecule has 0 atom stereocenters. The molecule has 0 fully saturated rings. The highest BCUT2D eigenvalue weighted by atomic mass is 19.4. The molecule has 7 heteroatoms. The van der Waals surface area contributed by atoms with Crippen LogP contribution in [-0.4, -0.2) is 25.0 Å². The summed E-state index contributed by atoms with van der Waals surface area (Å²) in [6.07, 6.45) is -4.69. The van der Waals surface area contributed by atoms with Crippen molar-refractivity contribution in [1.82, 2.24) is 0 Å². The van der Waals surface area contributed by atoms with Gasteiger partial charge in [-0.15, -0.1) is 0 Å². The molecule has 0 heterocycles. The number of halogens is 3.